The minimum Gasteiger partial charge on any atom is -0.394 e. The van der Waals surface area contributed by atoms with E-state index in [9.17, 15) is 5.11 Å². The van der Waals surface area contributed by atoms with Crippen molar-refractivity contribution in [2.24, 2.45) is 5.92 Å². The van der Waals surface area contributed by atoms with Crippen molar-refractivity contribution in [2.75, 3.05) is 13.2 Å². The standard InChI is InChI=1S/C16H31NO2/c1-13-4-8-15(9-5-13)19-11-3-10-16(2,12-18)17-14-6-7-14/h13-15,17-18H,3-12H2,1-2H3. The first-order valence-electron chi connectivity index (χ1n) is 8.11. The monoisotopic (exact) mass is 269 g/mol. The van der Waals surface area contributed by atoms with Gasteiger partial charge in [0.25, 0.3) is 0 Å². The van der Waals surface area contributed by atoms with E-state index in [1.165, 1.54) is 38.5 Å². The second-order valence-corrected chi connectivity index (χ2v) is 6.99. The van der Waals surface area contributed by atoms with E-state index < -0.39 is 0 Å². The lowest BCUT2D eigenvalue weighted by atomic mass is 9.89. The van der Waals surface area contributed by atoms with Crippen molar-refractivity contribution in [2.45, 2.75) is 82.9 Å². The molecule has 2 rings (SSSR count). The highest BCUT2D eigenvalue weighted by Crippen LogP contribution is 2.27. The predicted molar refractivity (Wildman–Crippen MR) is 78.3 cm³/mol. The largest absolute Gasteiger partial charge is 0.394 e. The highest BCUT2D eigenvalue weighted by molar-refractivity contribution is 4.92. The maximum atomic E-state index is 9.54. The van der Waals surface area contributed by atoms with E-state index in [1.54, 1.807) is 0 Å². The van der Waals surface area contributed by atoms with Crippen molar-refractivity contribution < 1.29 is 9.84 Å². The Kier molecular flexibility index (Phi) is 5.67. The summed E-state index contributed by atoms with van der Waals surface area (Å²) in [5.74, 6) is 0.889. The summed E-state index contributed by atoms with van der Waals surface area (Å²) in [6.07, 6.45) is 10.2. The molecule has 0 aromatic carbocycles. The first kappa shape index (κ1) is 15.3. The first-order valence-corrected chi connectivity index (χ1v) is 8.11. The SMILES string of the molecule is CC1CCC(OCCCC(C)(CO)NC2CC2)CC1. The maximum absolute atomic E-state index is 9.54. The fraction of sp³-hybridized carbons (Fsp3) is 1.00. The summed E-state index contributed by atoms with van der Waals surface area (Å²) in [6, 6.07) is 0.651. The molecule has 3 nitrogen and oxygen atoms in total. The maximum Gasteiger partial charge on any atom is 0.0610 e. The summed E-state index contributed by atoms with van der Waals surface area (Å²) in [5, 5.41) is 13.1. The van der Waals surface area contributed by atoms with Crippen LogP contribution in [0.4, 0.5) is 0 Å². The van der Waals surface area contributed by atoms with Crippen LogP contribution in [0.5, 0.6) is 0 Å². The molecule has 0 aromatic heterocycles. The molecule has 19 heavy (non-hydrogen) atoms. The molecule has 1 unspecified atom stereocenters. The first-order chi connectivity index (χ1) is 9.11. The highest BCUT2D eigenvalue weighted by atomic mass is 16.5. The third kappa shape index (κ3) is 5.41. The molecule has 112 valence electrons. The predicted octanol–water partition coefficient (Wildman–Crippen LogP) is 2.86. The summed E-state index contributed by atoms with van der Waals surface area (Å²) in [4.78, 5) is 0. The molecule has 2 N–H and O–H groups in total. The Morgan fingerprint density at radius 2 is 1.84 bits per heavy atom. The zero-order valence-corrected chi connectivity index (χ0v) is 12.7. The third-order valence-corrected chi connectivity index (χ3v) is 4.67. The van der Waals surface area contributed by atoms with Crippen LogP contribution in [0.2, 0.25) is 0 Å². The van der Waals surface area contributed by atoms with E-state index in [4.69, 9.17) is 4.74 Å². The normalized spacial score (nSPS) is 31.1. The van der Waals surface area contributed by atoms with Gasteiger partial charge < -0.3 is 15.2 Å². The van der Waals surface area contributed by atoms with Crippen LogP contribution in [0.15, 0.2) is 0 Å². The molecule has 0 amide bonds. The Balaban J connectivity index is 1.57. The number of hydrogen-bond acceptors (Lipinski definition) is 3. The van der Waals surface area contributed by atoms with Gasteiger partial charge in [-0.25, -0.2) is 0 Å². The minimum atomic E-state index is -0.106. The average Bonchev–Trinajstić information content (AvgIpc) is 3.21. The molecule has 2 aliphatic carbocycles. The van der Waals surface area contributed by atoms with Crippen molar-refractivity contribution in [1.82, 2.24) is 5.32 Å². The zero-order valence-electron chi connectivity index (χ0n) is 12.7. The zero-order chi connectivity index (χ0) is 13.7. The van der Waals surface area contributed by atoms with Crippen molar-refractivity contribution >= 4 is 0 Å². The van der Waals surface area contributed by atoms with E-state index in [0.717, 1.165) is 25.4 Å². The molecule has 1 atom stereocenters. The highest BCUT2D eigenvalue weighted by Gasteiger charge is 2.31. The van der Waals surface area contributed by atoms with Crippen LogP contribution in [-0.2, 0) is 4.74 Å². The Morgan fingerprint density at radius 3 is 2.42 bits per heavy atom. The number of nitrogens with one attached hydrogen (secondary N) is 1. The smallest absolute Gasteiger partial charge is 0.0610 e. The van der Waals surface area contributed by atoms with Crippen molar-refractivity contribution in [1.29, 1.82) is 0 Å². The van der Waals surface area contributed by atoms with Gasteiger partial charge in [-0.2, -0.15) is 0 Å². The van der Waals surface area contributed by atoms with E-state index in [1.807, 2.05) is 0 Å². The summed E-state index contributed by atoms with van der Waals surface area (Å²) >= 11 is 0. The van der Waals surface area contributed by atoms with E-state index in [2.05, 4.69) is 19.2 Å². The Bertz CT molecular complexity index is 259. The van der Waals surface area contributed by atoms with Crippen LogP contribution in [-0.4, -0.2) is 36.0 Å². The number of rotatable bonds is 8. The summed E-state index contributed by atoms with van der Waals surface area (Å²) in [6.45, 7) is 5.55. The van der Waals surface area contributed by atoms with Crippen LogP contribution in [0.25, 0.3) is 0 Å². The molecule has 2 aliphatic rings. The molecule has 0 bridgehead atoms. The molecule has 3 heteroatoms. The molecule has 0 radical (unpaired) electrons. The Labute approximate surface area is 118 Å². The number of aliphatic hydroxyl groups is 1. The third-order valence-electron chi connectivity index (χ3n) is 4.67. The molecule has 0 aromatic rings. The van der Waals surface area contributed by atoms with Gasteiger partial charge in [-0.05, 0) is 64.2 Å². The van der Waals surface area contributed by atoms with Crippen LogP contribution in [0, 0.1) is 5.92 Å². The van der Waals surface area contributed by atoms with Gasteiger partial charge in [0.2, 0.25) is 0 Å². The van der Waals surface area contributed by atoms with Gasteiger partial charge >= 0.3 is 0 Å². The van der Waals surface area contributed by atoms with Gasteiger partial charge in [-0.15, -0.1) is 0 Å². The van der Waals surface area contributed by atoms with Gasteiger partial charge in [-0.3, -0.25) is 0 Å². The molecule has 0 spiro atoms. The molecule has 2 fully saturated rings. The van der Waals surface area contributed by atoms with Gasteiger partial charge in [-0.1, -0.05) is 6.92 Å². The summed E-state index contributed by atoms with van der Waals surface area (Å²) in [5.41, 5.74) is -0.106. The lowest BCUT2D eigenvalue weighted by molar-refractivity contribution is 0.0140. The number of aliphatic hydroxyl groups excluding tert-OH is 1. The average molecular weight is 269 g/mol. The van der Waals surface area contributed by atoms with Crippen LogP contribution < -0.4 is 5.32 Å². The molecular weight excluding hydrogens is 238 g/mol. The second kappa shape index (κ2) is 7.05. The van der Waals surface area contributed by atoms with E-state index in [0.29, 0.717) is 12.1 Å². The Morgan fingerprint density at radius 1 is 1.16 bits per heavy atom. The van der Waals surface area contributed by atoms with Crippen LogP contribution in [0.1, 0.15) is 65.2 Å². The van der Waals surface area contributed by atoms with Crippen molar-refractivity contribution in [3.63, 3.8) is 0 Å². The lowest BCUT2D eigenvalue weighted by Crippen LogP contribution is -2.47. The molecule has 0 saturated heterocycles. The van der Waals surface area contributed by atoms with E-state index in [-0.39, 0.29) is 12.1 Å². The topological polar surface area (TPSA) is 41.5 Å². The quantitative estimate of drug-likeness (QED) is 0.666. The van der Waals surface area contributed by atoms with Gasteiger partial charge in [0.05, 0.1) is 12.7 Å². The molecule has 2 saturated carbocycles. The summed E-state index contributed by atoms with van der Waals surface area (Å²) in [7, 11) is 0. The van der Waals surface area contributed by atoms with Gasteiger partial charge in [0.1, 0.15) is 0 Å². The van der Waals surface area contributed by atoms with Crippen LogP contribution in [0.3, 0.4) is 0 Å². The van der Waals surface area contributed by atoms with Crippen molar-refractivity contribution in [3.05, 3.63) is 0 Å². The van der Waals surface area contributed by atoms with E-state index >= 15 is 0 Å². The molecule has 0 aliphatic heterocycles. The van der Waals surface area contributed by atoms with Crippen LogP contribution >= 0.6 is 0 Å². The Hall–Kier alpha value is -0.120. The number of ether oxygens (including phenoxy) is 1. The van der Waals surface area contributed by atoms with Crippen molar-refractivity contribution in [3.8, 4) is 0 Å². The fourth-order valence-corrected chi connectivity index (χ4v) is 3.03. The molecular formula is C16H31NO2. The molecule has 0 heterocycles. The fourth-order valence-electron chi connectivity index (χ4n) is 3.03. The number of hydrogen-bond donors (Lipinski definition) is 2. The lowest BCUT2D eigenvalue weighted by Gasteiger charge is -2.30. The van der Waals surface area contributed by atoms with Gasteiger partial charge in [0.15, 0.2) is 0 Å². The second-order valence-electron chi connectivity index (χ2n) is 6.99. The van der Waals surface area contributed by atoms with Gasteiger partial charge in [0, 0.05) is 18.2 Å². The summed E-state index contributed by atoms with van der Waals surface area (Å²) < 4.78 is 5.98. The minimum absolute atomic E-state index is 0.106.